The van der Waals surface area contributed by atoms with Crippen LogP contribution in [0.2, 0.25) is 0 Å². The van der Waals surface area contributed by atoms with Gasteiger partial charge in [0.05, 0.1) is 21.2 Å². The average Bonchev–Trinajstić information content (AvgIpc) is 2.50. The molecule has 0 heterocycles. The summed E-state index contributed by atoms with van der Waals surface area (Å²) in [5.74, 6) is 0. The van der Waals surface area contributed by atoms with Gasteiger partial charge in [0.2, 0.25) is 0 Å². The third-order valence-electron chi connectivity index (χ3n) is 3.02. The lowest BCUT2D eigenvalue weighted by Gasteiger charge is -2.13. The zero-order chi connectivity index (χ0) is 19.8. The number of rotatable bonds is 6. The lowest BCUT2D eigenvalue weighted by atomic mass is 10.3. The molecule has 0 unspecified atom stereocenters. The third-order valence-corrected chi connectivity index (χ3v) is 5.65. The van der Waals surface area contributed by atoms with Crippen molar-refractivity contribution in [1.82, 2.24) is 0 Å². The van der Waals surface area contributed by atoms with Gasteiger partial charge in [-0.05, 0) is 42.5 Å². The minimum Gasteiger partial charge on any atom is -0.301 e. The quantitative estimate of drug-likeness (QED) is 0.327. The van der Waals surface area contributed by atoms with Gasteiger partial charge in [0.15, 0.2) is 0 Å². The molecule has 0 radical (unpaired) electrons. The van der Waals surface area contributed by atoms with Crippen LogP contribution in [0.25, 0.3) is 0 Å². The van der Waals surface area contributed by atoms with E-state index in [0.29, 0.717) is 0 Å². The first-order valence-corrected chi connectivity index (χ1v) is 10.8. The highest BCUT2D eigenvalue weighted by molar-refractivity contribution is 7.86. The van der Waals surface area contributed by atoms with Crippen molar-refractivity contribution in [1.29, 1.82) is 0 Å². The molecule has 2 aromatic rings. The Morgan fingerprint density at radius 2 is 1.12 bits per heavy atom. The first-order valence-electron chi connectivity index (χ1n) is 6.47. The maximum Gasteiger partial charge on any atom is 0.296 e. The molecule has 0 amide bonds. The molecule has 2 rings (SSSR count). The lowest BCUT2D eigenvalue weighted by molar-refractivity contribution is 0.479. The van der Waals surface area contributed by atoms with Gasteiger partial charge < -0.3 is 5.43 Å². The maximum absolute atomic E-state index is 11.4. The van der Waals surface area contributed by atoms with E-state index in [-0.39, 0.29) is 10.6 Å². The average molecular weight is 424 g/mol. The van der Waals surface area contributed by atoms with E-state index in [0.717, 1.165) is 30.3 Å². The van der Waals surface area contributed by atoms with E-state index in [2.05, 4.69) is 10.9 Å². The maximum atomic E-state index is 11.4. The van der Waals surface area contributed by atoms with Crippen molar-refractivity contribution in [2.45, 2.75) is 14.7 Å². The van der Waals surface area contributed by atoms with E-state index in [4.69, 9.17) is 9.11 Å². The monoisotopic (exact) mass is 424 g/mol. The molecule has 0 bridgehead atoms. The van der Waals surface area contributed by atoms with Gasteiger partial charge in [0.1, 0.15) is 4.90 Å². The van der Waals surface area contributed by atoms with Crippen LogP contribution in [0.1, 0.15) is 0 Å². The second-order valence-corrected chi connectivity index (χ2v) is 9.09. The molecule has 0 fully saturated rings. The summed E-state index contributed by atoms with van der Waals surface area (Å²) >= 11 is 0. The molecule has 0 aliphatic carbocycles. The summed E-state index contributed by atoms with van der Waals surface area (Å²) in [6, 6.07) is 6.85. The number of hydrazine groups is 1. The minimum absolute atomic E-state index is 0.205. The van der Waals surface area contributed by atoms with Crippen LogP contribution in [0.5, 0.6) is 0 Å². The molecule has 0 saturated heterocycles. The summed E-state index contributed by atoms with van der Waals surface area (Å²) in [4.78, 5) is -1.68. The van der Waals surface area contributed by atoms with E-state index in [1.165, 1.54) is 12.1 Å². The van der Waals surface area contributed by atoms with Crippen LogP contribution in [0.15, 0.2) is 57.2 Å². The number of nitrogens with one attached hydrogen (secondary N) is 2. The molecular weight excluding hydrogens is 412 g/mol. The van der Waals surface area contributed by atoms with Crippen molar-refractivity contribution >= 4 is 41.7 Å². The largest absolute Gasteiger partial charge is 0.301 e. The van der Waals surface area contributed by atoms with Gasteiger partial charge in [0.25, 0.3) is 30.4 Å². The number of hydrogen-bond donors (Lipinski definition) is 5. The van der Waals surface area contributed by atoms with Crippen LogP contribution in [0.4, 0.5) is 11.4 Å². The lowest BCUT2D eigenvalue weighted by Crippen LogP contribution is -2.13. The molecule has 14 heteroatoms. The standard InChI is InChI=1S/C12H12N2O9S3/c15-24(16,17)9-3-1-8(2-4-9)13-14-11-7-10(25(18,19)20)5-6-12(11)26(21,22)23/h1-7,13-14H,(H,15,16,17)(H,18,19,20)(H,21,22,23). The van der Waals surface area contributed by atoms with Gasteiger partial charge in [-0.1, -0.05) is 0 Å². The molecule has 0 atom stereocenters. The fourth-order valence-electron chi connectivity index (χ4n) is 1.84. The van der Waals surface area contributed by atoms with Crippen molar-refractivity contribution in [2.24, 2.45) is 0 Å². The van der Waals surface area contributed by atoms with Crippen molar-refractivity contribution < 1.29 is 38.9 Å². The van der Waals surface area contributed by atoms with Crippen molar-refractivity contribution in [3.8, 4) is 0 Å². The summed E-state index contributed by atoms with van der Waals surface area (Å²) in [5.41, 5.74) is 4.59. The molecule has 0 aliphatic heterocycles. The summed E-state index contributed by atoms with van der Waals surface area (Å²) in [7, 11) is -13.7. The molecule has 11 nitrogen and oxygen atoms in total. The Bertz CT molecular complexity index is 1140. The molecule has 0 aliphatic rings. The first kappa shape index (κ1) is 20.1. The zero-order valence-corrected chi connectivity index (χ0v) is 15.0. The smallest absolute Gasteiger partial charge is 0.296 e. The zero-order valence-electron chi connectivity index (χ0n) is 12.6. The van der Waals surface area contributed by atoms with Crippen LogP contribution >= 0.6 is 0 Å². The molecule has 2 aromatic carbocycles. The highest BCUT2D eigenvalue weighted by Gasteiger charge is 2.19. The SMILES string of the molecule is O=S(=O)(O)c1ccc(NNc2cc(S(=O)(=O)O)ccc2S(=O)(=O)O)cc1. The van der Waals surface area contributed by atoms with Gasteiger partial charge in [0, 0.05) is 0 Å². The Kier molecular flexibility index (Phi) is 5.27. The second kappa shape index (κ2) is 6.82. The fraction of sp³-hybridized carbons (Fsp3) is 0. The predicted octanol–water partition coefficient (Wildman–Crippen LogP) is 0.866. The normalized spacial score (nSPS) is 12.6. The molecular formula is C12H12N2O9S3. The molecule has 0 saturated carbocycles. The second-order valence-electron chi connectivity index (χ2n) is 4.86. The Balaban J connectivity index is 2.36. The van der Waals surface area contributed by atoms with Gasteiger partial charge >= 0.3 is 0 Å². The van der Waals surface area contributed by atoms with E-state index < -0.39 is 45.8 Å². The number of hydrogen-bond acceptors (Lipinski definition) is 8. The van der Waals surface area contributed by atoms with E-state index >= 15 is 0 Å². The van der Waals surface area contributed by atoms with Gasteiger partial charge in [-0.15, -0.1) is 0 Å². The highest BCUT2D eigenvalue weighted by Crippen LogP contribution is 2.25. The number of benzene rings is 2. The fourth-order valence-corrected chi connectivity index (χ4v) is 3.46. The third kappa shape index (κ3) is 4.90. The van der Waals surface area contributed by atoms with E-state index in [9.17, 15) is 29.8 Å². The Hall–Kier alpha value is -2.23. The topological polar surface area (TPSA) is 187 Å². The highest BCUT2D eigenvalue weighted by atomic mass is 32.2. The van der Waals surface area contributed by atoms with Crippen molar-refractivity contribution in [3.63, 3.8) is 0 Å². The predicted molar refractivity (Wildman–Crippen MR) is 89.6 cm³/mol. The Morgan fingerprint density at radius 3 is 1.58 bits per heavy atom. The van der Waals surface area contributed by atoms with Gasteiger partial charge in [-0.3, -0.25) is 19.1 Å². The summed E-state index contributed by atoms with van der Waals surface area (Å²) in [5, 5.41) is 0. The van der Waals surface area contributed by atoms with Crippen LogP contribution in [-0.2, 0) is 30.4 Å². The van der Waals surface area contributed by atoms with Crippen LogP contribution in [0, 0.1) is 0 Å². The summed E-state index contributed by atoms with van der Waals surface area (Å²) in [6.07, 6.45) is 0. The molecule has 0 aromatic heterocycles. The van der Waals surface area contributed by atoms with Crippen molar-refractivity contribution in [2.75, 3.05) is 10.9 Å². The molecule has 5 N–H and O–H groups in total. The molecule has 0 spiro atoms. The van der Waals surface area contributed by atoms with Gasteiger partial charge in [-0.25, -0.2) is 0 Å². The van der Waals surface area contributed by atoms with Crippen LogP contribution < -0.4 is 10.9 Å². The van der Waals surface area contributed by atoms with Crippen LogP contribution in [-0.4, -0.2) is 38.9 Å². The first-order chi connectivity index (χ1) is 11.8. The molecule has 26 heavy (non-hydrogen) atoms. The summed E-state index contributed by atoms with van der Waals surface area (Å²) < 4.78 is 94.1. The Morgan fingerprint density at radius 1 is 0.615 bits per heavy atom. The molecule has 142 valence electrons. The summed E-state index contributed by atoms with van der Waals surface area (Å²) in [6.45, 7) is 0. The van der Waals surface area contributed by atoms with E-state index in [1.54, 1.807) is 0 Å². The van der Waals surface area contributed by atoms with E-state index in [1.807, 2.05) is 0 Å². The Labute approximate surface area is 148 Å². The van der Waals surface area contributed by atoms with Crippen LogP contribution in [0.3, 0.4) is 0 Å². The number of anilines is 2. The van der Waals surface area contributed by atoms with Gasteiger partial charge in [-0.2, -0.15) is 25.3 Å². The van der Waals surface area contributed by atoms with Crippen molar-refractivity contribution in [3.05, 3.63) is 42.5 Å². The minimum atomic E-state index is -4.72.